The van der Waals surface area contributed by atoms with E-state index in [0.29, 0.717) is 21.0 Å². The standard InChI is InChI=1S/C12H7BrClNO3/c13-11-6-5-10(7-12(11)15(16)17)18-9-3-1-8(14)2-4-9/h1-7H. The Kier molecular flexibility index (Phi) is 3.84. The summed E-state index contributed by atoms with van der Waals surface area (Å²) < 4.78 is 5.91. The molecule has 0 bridgehead atoms. The molecule has 6 heteroatoms. The summed E-state index contributed by atoms with van der Waals surface area (Å²) in [6.07, 6.45) is 0. The van der Waals surface area contributed by atoms with E-state index in [1.54, 1.807) is 36.4 Å². The molecule has 0 aliphatic heterocycles. The average molecular weight is 329 g/mol. The molecule has 2 rings (SSSR count). The molecule has 18 heavy (non-hydrogen) atoms. The van der Waals surface area contributed by atoms with Crippen LogP contribution in [0.1, 0.15) is 0 Å². The lowest BCUT2D eigenvalue weighted by atomic mass is 10.3. The van der Waals surface area contributed by atoms with Crippen LogP contribution < -0.4 is 4.74 Å². The van der Waals surface area contributed by atoms with Gasteiger partial charge in [0, 0.05) is 5.02 Å². The van der Waals surface area contributed by atoms with Gasteiger partial charge in [0.2, 0.25) is 0 Å². The summed E-state index contributed by atoms with van der Waals surface area (Å²) in [6, 6.07) is 11.3. The number of hydrogen-bond donors (Lipinski definition) is 0. The maximum Gasteiger partial charge on any atom is 0.287 e. The van der Waals surface area contributed by atoms with Gasteiger partial charge in [-0.2, -0.15) is 0 Å². The molecule has 0 fully saturated rings. The van der Waals surface area contributed by atoms with Crippen molar-refractivity contribution in [3.8, 4) is 11.5 Å². The van der Waals surface area contributed by atoms with Gasteiger partial charge in [-0.3, -0.25) is 10.1 Å². The van der Waals surface area contributed by atoms with E-state index in [0.717, 1.165) is 0 Å². The molecule has 0 aromatic heterocycles. The number of halogens is 2. The molecule has 0 saturated heterocycles. The first kappa shape index (κ1) is 12.9. The molecule has 4 nitrogen and oxygen atoms in total. The van der Waals surface area contributed by atoms with Crippen molar-refractivity contribution in [1.29, 1.82) is 0 Å². The molecule has 0 N–H and O–H groups in total. The van der Waals surface area contributed by atoms with Gasteiger partial charge in [0.1, 0.15) is 11.5 Å². The average Bonchev–Trinajstić information content (AvgIpc) is 2.34. The summed E-state index contributed by atoms with van der Waals surface area (Å²) in [4.78, 5) is 10.3. The Labute approximate surface area is 116 Å². The van der Waals surface area contributed by atoms with Gasteiger partial charge < -0.3 is 4.74 Å². The Morgan fingerprint density at radius 2 is 1.72 bits per heavy atom. The van der Waals surface area contributed by atoms with Crippen LogP contribution >= 0.6 is 27.5 Å². The molecule has 2 aromatic carbocycles. The highest BCUT2D eigenvalue weighted by molar-refractivity contribution is 9.10. The Morgan fingerprint density at radius 3 is 2.33 bits per heavy atom. The first-order chi connectivity index (χ1) is 8.56. The molecule has 0 atom stereocenters. The minimum absolute atomic E-state index is 0.0403. The smallest absolute Gasteiger partial charge is 0.287 e. The Morgan fingerprint density at radius 1 is 1.11 bits per heavy atom. The zero-order valence-corrected chi connectivity index (χ0v) is 11.3. The zero-order chi connectivity index (χ0) is 13.1. The highest BCUT2D eigenvalue weighted by Gasteiger charge is 2.13. The second-order valence-corrected chi connectivity index (χ2v) is 4.72. The molecule has 0 spiro atoms. The Balaban J connectivity index is 2.27. The van der Waals surface area contributed by atoms with Crippen LogP contribution in [0.5, 0.6) is 11.5 Å². The molecule has 0 amide bonds. The molecule has 92 valence electrons. The van der Waals surface area contributed by atoms with Crippen LogP contribution in [-0.4, -0.2) is 4.92 Å². The minimum atomic E-state index is -0.473. The van der Waals surface area contributed by atoms with Gasteiger partial charge in [0.15, 0.2) is 0 Å². The van der Waals surface area contributed by atoms with Crippen LogP contribution in [0.4, 0.5) is 5.69 Å². The SMILES string of the molecule is O=[N+]([O-])c1cc(Oc2ccc(Cl)cc2)ccc1Br. The van der Waals surface area contributed by atoms with Gasteiger partial charge in [0.25, 0.3) is 5.69 Å². The van der Waals surface area contributed by atoms with E-state index >= 15 is 0 Å². The largest absolute Gasteiger partial charge is 0.457 e. The third kappa shape index (κ3) is 3.00. The van der Waals surface area contributed by atoms with Crippen molar-refractivity contribution in [2.24, 2.45) is 0 Å². The van der Waals surface area contributed by atoms with E-state index < -0.39 is 4.92 Å². The number of nitrogens with zero attached hydrogens (tertiary/aromatic N) is 1. The molecular formula is C12H7BrClNO3. The predicted molar refractivity (Wildman–Crippen MR) is 72.3 cm³/mol. The number of nitro groups is 1. The number of hydrogen-bond acceptors (Lipinski definition) is 3. The quantitative estimate of drug-likeness (QED) is 0.600. The zero-order valence-electron chi connectivity index (χ0n) is 8.97. The third-order valence-corrected chi connectivity index (χ3v) is 3.09. The fourth-order valence-corrected chi connectivity index (χ4v) is 1.85. The molecule has 0 saturated carbocycles. The van der Waals surface area contributed by atoms with Crippen molar-refractivity contribution in [2.75, 3.05) is 0 Å². The van der Waals surface area contributed by atoms with Crippen molar-refractivity contribution < 1.29 is 9.66 Å². The van der Waals surface area contributed by atoms with Gasteiger partial charge in [-0.1, -0.05) is 11.6 Å². The highest BCUT2D eigenvalue weighted by Crippen LogP contribution is 2.31. The van der Waals surface area contributed by atoms with Gasteiger partial charge in [-0.05, 0) is 52.3 Å². The Bertz CT molecular complexity index is 586. The molecule has 0 aliphatic rings. The van der Waals surface area contributed by atoms with E-state index in [-0.39, 0.29) is 5.69 Å². The van der Waals surface area contributed by atoms with Crippen LogP contribution in [0.25, 0.3) is 0 Å². The summed E-state index contributed by atoms with van der Waals surface area (Å²) in [5.41, 5.74) is -0.0403. The fourth-order valence-electron chi connectivity index (χ4n) is 1.33. The van der Waals surface area contributed by atoms with Gasteiger partial charge >= 0.3 is 0 Å². The summed E-state index contributed by atoms with van der Waals surface area (Å²) >= 11 is 8.86. The van der Waals surface area contributed by atoms with Gasteiger partial charge in [0.05, 0.1) is 15.5 Å². The van der Waals surface area contributed by atoms with Crippen molar-refractivity contribution in [2.45, 2.75) is 0 Å². The van der Waals surface area contributed by atoms with E-state index in [4.69, 9.17) is 16.3 Å². The Hall–Kier alpha value is -1.59. The van der Waals surface area contributed by atoms with E-state index in [9.17, 15) is 10.1 Å². The summed E-state index contributed by atoms with van der Waals surface area (Å²) in [5, 5.41) is 11.4. The normalized spacial score (nSPS) is 10.1. The van der Waals surface area contributed by atoms with Crippen LogP contribution in [-0.2, 0) is 0 Å². The summed E-state index contributed by atoms with van der Waals surface area (Å²) in [7, 11) is 0. The first-order valence-corrected chi connectivity index (χ1v) is 6.11. The van der Waals surface area contributed by atoms with Crippen molar-refractivity contribution >= 4 is 33.2 Å². The van der Waals surface area contributed by atoms with E-state index in [1.807, 2.05) is 0 Å². The maximum atomic E-state index is 10.8. The lowest BCUT2D eigenvalue weighted by Crippen LogP contribution is -1.91. The topological polar surface area (TPSA) is 52.4 Å². The van der Waals surface area contributed by atoms with Crippen LogP contribution in [0.2, 0.25) is 5.02 Å². The van der Waals surface area contributed by atoms with Gasteiger partial charge in [-0.25, -0.2) is 0 Å². The van der Waals surface area contributed by atoms with Crippen molar-refractivity contribution in [3.63, 3.8) is 0 Å². The second-order valence-electron chi connectivity index (χ2n) is 3.43. The maximum absolute atomic E-state index is 10.8. The van der Waals surface area contributed by atoms with Gasteiger partial charge in [-0.15, -0.1) is 0 Å². The summed E-state index contributed by atoms with van der Waals surface area (Å²) in [5.74, 6) is 0.961. The monoisotopic (exact) mass is 327 g/mol. The summed E-state index contributed by atoms with van der Waals surface area (Å²) in [6.45, 7) is 0. The minimum Gasteiger partial charge on any atom is -0.457 e. The van der Waals surface area contributed by atoms with Crippen LogP contribution in [0.3, 0.4) is 0 Å². The molecule has 0 aliphatic carbocycles. The second kappa shape index (κ2) is 5.37. The number of rotatable bonds is 3. The molecule has 0 radical (unpaired) electrons. The fraction of sp³-hybridized carbons (Fsp3) is 0. The van der Waals surface area contributed by atoms with E-state index in [1.165, 1.54) is 6.07 Å². The lowest BCUT2D eigenvalue weighted by Gasteiger charge is -2.06. The number of nitro benzene ring substituents is 1. The highest BCUT2D eigenvalue weighted by atomic mass is 79.9. The molecule has 2 aromatic rings. The van der Waals surface area contributed by atoms with E-state index in [2.05, 4.69) is 15.9 Å². The molecule has 0 unspecified atom stereocenters. The number of ether oxygens (including phenoxy) is 1. The molecule has 0 heterocycles. The first-order valence-electron chi connectivity index (χ1n) is 4.93. The van der Waals surface area contributed by atoms with Crippen molar-refractivity contribution in [1.82, 2.24) is 0 Å². The van der Waals surface area contributed by atoms with Crippen molar-refractivity contribution in [3.05, 3.63) is 62.1 Å². The molecular weight excluding hydrogens is 321 g/mol. The van der Waals surface area contributed by atoms with Crippen LogP contribution in [0, 0.1) is 10.1 Å². The number of benzene rings is 2. The lowest BCUT2D eigenvalue weighted by molar-refractivity contribution is -0.385. The third-order valence-electron chi connectivity index (χ3n) is 2.16. The van der Waals surface area contributed by atoms with Crippen LogP contribution in [0.15, 0.2) is 46.9 Å². The predicted octanol–water partition coefficient (Wildman–Crippen LogP) is 4.80.